The predicted octanol–water partition coefficient (Wildman–Crippen LogP) is 3.00. The smallest absolute Gasteiger partial charge is 0.259 e. The number of H-pyrrole nitrogens is 1. The van der Waals surface area contributed by atoms with E-state index in [1.165, 1.54) is 0 Å². The van der Waals surface area contributed by atoms with E-state index >= 15 is 0 Å². The number of aliphatic hydroxyl groups is 1. The molecule has 6 nitrogen and oxygen atoms in total. The summed E-state index contributed by atoms with van der Waals surface area (Å²) in [7, 11) is 0. The zero-order valence-electron chi connectivity index (χ0n) is 16.6. The van der Waals surface area contributed by atoms with Crippen LogP contribution >= 0.6 is 11.3 Å². The summed E-state index contributed by atoms with van der Waals surface area (Å²) in [5.41, 5.74) is 2.03. The number of thiophene rings is 1. The maximum Gasteiger partial charge on any atom is 0.259 e. The van der Waals surface area contributed by atoms with Crippen molar-refractivity contribution in [2.45, 2.75) is 40.0 Å². The van der Waals surface area contributed by atoms with Crippen molar-refractivity contribution in [3.8, 4) is 0 Å². The third-order valence-corrected chi connectivity index (χ3v) is 5.79. The Labute approximate surface area is 168 Å². The normalized spacial score (nSPS) is 12.8. The first kappa shape index (κ1) is 20.7. The van der Waals surface area contributed by atoms with Crippen LogP contribution in [-0.2, 0) is 17.8 Å². The zero-order valence-corrected chi connectivity index (χ0v) is 17.4. The molecule has 0 radical (unpaired) electrons. The maximum atomic E-state index is 12.6. The molecule has 0 bridgehead atoms. The second-order valence-electron chi connectivity index (χ2n) is 6.94. The number of ether oxygens (including phenoxy) is 1. The molecule has 3 aromatic rings. The van der Waals surface area contributed by atoms with Crippen molar-refractivity contribution in [3.63, 3.8) is 0 Å². The van der Waals surface area contributed by atoms with Gasteiger partial charge in [0.25, 0.3) is 5.56 Å². The lowest BCUT2D eigenvalue weighted by atomic mass is 10.2. The Morgan fingerprint density at radius 2 is 2.00 bits per heavy atom. The molecule has 7 heteroatoms. The zero-order chi connectivity index (χ0) is 20.1. The first-order valence-corrected chi connectivity index (χ1v) is 10.3. The molecule has 0 saturated heterocycles. The lowest BCUT2D eigenvalue weighted by molar-refractivity contribution is 0.0175. The fraction of sp³-hybridized carbons (Fsp3) is 0.429. The predicted molar refractivity (Wildman–Crippen MR) is 113 cm³/mol. The van der Waals surface area contributed by atoms with E-state index < -0.39 is 6.10 Å². The molecule has 0 spiro atoms. The van der Waals surface area contributed by atoms with Gasteiger partial charge in [-0.25, -0.2) is 4.98 Å². The van der Waals surface area contributed by atoms with Crippen molar-refractivity contribution in [3.05, 3.63) is 62.5 Å². The molecule has 0 amide bonds. The third kappa shape index (κ3) is 5.05. The number of hydrogen-bond donors (Lipinski definition) is 2. The Balaban J connectivity index is 1.83. The van der Waals surface area contributed by atoms with Crippen LogP contribution in [0.25, 0.3) is 10.2 Å². The molecule has 0 unspecified atom stereocenters. The molecule has 0 aliphatic carbocycles. The molecule has 1 aromatic carbocycles. The van der Waals surface area contributed by atoms with Crippen LogP contribution in [0, 0.1) is 13.8 Å². The number of benzene rings is 1. The van der Waals surface area contributed by atoms with E-state index in [9.17, 15) is 9.90 Å². The highest BCUT2D eigenvalue weighted by Gasteiger charge is 2.17. The van der Waals surface area contributed by atoms with Crippen LogP contribution in [0.3, 0.4) is 0 Å². The van der Waals surface area contributed by atoms with Crippen LogP contribution in [-0.4, -0.2) is 45.8 Å². The van der Waals surface area contributed by atoms with Gasteiger partial charge in [0.05, 0.1) is 24.6 Å². The second-order valence-corrected chi connectivity index (χ2v) is 8.15. The number of aliphatic hydroxyl groups excluding tert-OH is 1. The number of aryl methyl sites for hydroxylation is 2. The van der Waals surface area contributed by atoms with E-state index in [1.54, 1.807) is 11.3 Å². The van der Waals surface area contributed by atoms with Gasteiger partial charge in [-0.05, 0) is 31.9 Å². The SMILES string of the molecule is CCOC[C@H](O)CN(Cc1ccccc1)Cc1nc2sc(C)c(C)c2c(=O)[nH]1. The number of nitrogens with zero attached hydrogens (tertiary/aromatic N) is 2. The minimum absolute atomic E-state index is 0.101. The Morgan fingerprint density at radius 1 is 1.25 bits per heavy atom. The highest BCUT2D eigenvalue weighted by atomic mass is 32.1. The van der Waals surface area contributed by atoms with Crippen LogP contribution < -0.4 is 5.56 Å². The molecule has 0 aliphatic rings. The summed E-state index contributed by atoms with van der Waals surface area (Å²) >= 11 is 1.54. The Hall–Kier alpha value is -2.06. The van der Waals surface area contributed by atoms with Crippen LogP contribution in [0.5, 0.6) is 0 Å². The molecular weight excluding hydrogens is 374 g/mol. The van der Waals surface area contributed by atoms with Crippen molar-refractivity contribution in [2.75, 3.05) is 19.8 Å². The molecule has 2 N–H and O–H groups in total. The summed E-state index contributed by atoms with van der Waals surface area (Å²) < 4.78 is 5.34. The Kier molecular flexibility index (Phi) is 6.96. The van der Waals surface area contributed by atoms with E-state index in [0.717, 1.165) is 20.8 Å². The molecule has 1 atom stereocenters. The summed E-state index contributed by atoms with van der Waals surface area (Å²) in [6.07, 6.45) is -0.606. The fourth-order valence-corrected chi connectivity index (χ4v) is 4.27. The average molecular weight is 402 g/mol. The fourth-order valence-electron chi connectivity index (χ4n) is 3.22. The van der Waals surface area contributed by atoms with Gasteiger partial charge in [-0.15, -0.1) is 11.3 Å². The quantitative estimate of drug-likeness (QED) is 0.576. The molecule has 2 aromatic heterocycles. The van der Waals surface area contributed by atoms with E-state index in [1.807, 2.05) is 51.1 Å². The van der Waals surface area contributed by atoms with E-state index in [-0.39, 0.29) is 12.2 Å². The third-order valence-electron chi connectivity index (χ3n) is 4.69. The standard InChI is InChI=1S/C21H27N3O3S/c1-4-27-13-17(25)11-24(10-16-8-6-5-7-9-16)12-18-22-20(26)19-14(2)15(3)28-21(19)23-18/h5-9,17,25H,4,10-13H2,1-3H3,(H,22,23,26)/t17-/m1/s1. The highest BCUT2D eigenvalue weighted by Crippen LogP contribution is 2.25. The number of rotatable bonds is 9. The van der Waals surface area contributed by atoms with E-state index in [4.69, 9.17) is 4.74 Å². The lowest BCUT2D eigenvalue weighted by Gasteiger charge is -2.24. The minimum Gasteiger partial charge on any atom is -0.389 e. The Bertz CT molecular complexity index is 968. The molecule has 2 heterocycles. The van der Waals surface area contributed by atoms with E-state index in [0.29, 0.717) is 37.5 Å². The van der Waals surface area contributed by atoms with Crippen LogP contribution in [0.1, 0.15) is 28.8 Å². The van der Waals surface area contributed by atoms with Gasteiger partial charge < -0.3 is 14.8 Å². The number of fused-ring (bicyclic) bond motifs is 1. The summed E-state index contributed by atoms with van der Waals surface area (Å²) in [4.78, 5) is 24.1. The van der Waals surface area contributed by atoms with Gasteiger partial charge in [-0.2, -0.15) is 0 Å². The summed E-state index contributed by atoms with van der Waals surface area (Å²) in [5, 5.41) is 11.0. The molecule has 0 aliphatic heterocycles. The molecule has 0 fully saturated rings. The lowest BCUT2D eigenvalue weighted by Crippen LogP contribution is -2.35. The molecule has 0 saturated carbocycles. The second kappa shape index (κ2) is 9.43. The largest absolute Gasteiger partial charge is 0.389 e. The van der Waals surface area contributed by atoms with Gasteiger partial charge in [-0.1, -0.05) is 30.3 Å². The maximum absolute atomic E-state index is 12.6. The number of nitrogens with one attached hydrogen (secondary N) is 1. The van der Waals surface area contributed by atoms with Crippen molar-refractivity contribution >= 4 is 21.6 Å². The molecule has 28 heavy (non-hydrogen) atoms. The van der Waals surface area contributed by atoms with Crippen LogP contribution in [0.15, 0.2) is 35.1 Å². The van der Waals surface area contributed by atoms with Gasteiger partial charge in [0.2, 0.25) is 0 Å². The summed E-state index contributed by atoms with van der Waals surface area (Å²) in [6, 6.07) is 10.1. The average Bonchev–Trinajstić information content (AvgIpc) is 2.95. The monoisotopic (exact) mass is 401 g/mol. The van der Waals surface area contributed by atoms with E-state index in [2.05, 4.69) is 14.9 Å². The van der Waals surface area contributed by atoms with Crippen molar-refractivity contribution < 1.29 is 9.84 Å². The van der Waals surface area contributed by atoms with Crippen LogP contribution in [0.2, 0.25) is 0 Å². The minimum atomic E-state index is -0.606. The first-order chi connectivity index (χ1) is 13.5. The topological polar surface area (TPSA) is 78.5 Å². The Morgan fingerprint density at radius 3 is 2.71 bits per heavy atom. The summed E-state index contributed by atoms with van der Waals surface area (Å²) in [6.45, 7) is 8.24. The van der Waals surface area contributed by atoms with Crippen LogP contribution in [0.4, 0.5) is 0 Å². The number of aromatic amines is 1. The number of aromatic nitrogens is 2. The van der Waals surface area contributed by atoms with Gasteiger partial charge in [0.1, 0.15) is 10.7 Å². The highest BCUT2D eigenvalue weighted by molar-refractivity contribution is 7.18. The van der Waals surface area contributed by atoms with Gasteiger partial charge >= 0.3 is 0 Å². The van der Waals surface area contributed by atoms with Gasteiger partial charge in [0, 0.05) is 24.6 Å². The van der Waals surface area contributed by atoms with Crippen molar-refractivity contribution in [1.29, 1.82) is 0 Å². The van der Waals surface area contributed by atoms with Gasteiger partial charge in [-0.3, -0.25) is 9.69 Å². The molecular formula is C21H27N3O3S. The molecule has 3 rings (SSSR count). The van der Waals surface area contributed by atoms with Gasteiger partial charge in [0.15, 0.2) is 0 Å². The number of hydrogen-bond acceptors (Lipinski definition) is 6. The van der Waals surface area contributed by atoms with Crippen molar-refractivity contribution in [1.82, 2.24) is 14.9 Å². The first-order valence-electron chi connectivity index (χ1n) is 9.49. The molecule has 150 valence electrons. The van der Waals surface area contributed by atoms with Crippen molar-refractivity contribution in [2.24, 2.45) is 0 Å². The summed E-state index contributed by atoms with van der Waals surface area (Å²) in [5.74, 6) is 0.610.